The standard InChI is InChI=1S/C7H10N2O3/c1-9-5(2-3-8-9)6(10)4-7(11)12/h2-3,6,10H,4H2,1H3,(H,11,12). The first kappa shape index (κ1) is 8.73. The second-order valence-corrected chi connectivity index (χ2v) is 2.49. The first-order valence-electron chi connectivity index (χ1n) is 3.49. The molecule has 0 aliphatic rings. The van der Waals surface area contributed by atoms with E-state index >= 15 is 0 Å². The van der Waals surface area contributed by atoms with Crippen LogP contribution in [0.3, 0.4) is 0 Å². The van der Waals surface area contributed by atoms with Gasteiger partial charge >= 0.3 is 5.97 Å². The predicted molar refractivity (Wildman–Crippen MR) is 40.4 cm³/mol. The van der Waals surface area contributed by atoms with Crippen molar-refractivity contribution in [1.82, 2.24) is 9.78 Å². The zero-order valence-corrected chi connectivity index (χ0v) is 6.64. The zero-order valence-electron chi connectivity index (χ0n) is 6.64. The number of nitrogens with zero attached hydrogens (tertiary/aromatic N) is 2. The lowest BCUT2D eigenvalue weighted by atomic mass is 10.2. The second kappa shape index (κ2) is 3.36. The maximum absolute atomic E-state index is 10.2. The second-order valence-electron chi connectivity index (χ2n) is 2.49. The van der Waals surface area contributed by atoms with Crippen LogP contribution in [0.1, 0.15) is 18.2 Å². The average molecular weight is 170 g/mol. The summed E-state index contributed by atoms with van der Waals surface area (Å²) >= 11 is 0. The molecule has 12 heavy (non-hydrogen) atoms. The highest BCUT2D eigenvalue weighted by Gasteiger charge is 2.14. The van der Waals surface area contributed by atoms with Crippen LogP contribution in [0.2, 0.25) is 0 Å². The number of hydrogen-bond donors (Lipinski definition) is 2. The Morgan fingerprint density at radius 3 is 2.92 bits per heavy atom. The number of aliphatic hydroxyl groups excluding tert-OH is 1. The van der Waals surface area contributed by atoms with Gasteiger partial charge in [-0.2, -0.15) is 5.10 Å². The van der Waals surface area contributed by atoms with Crippen molar-refractivity contribution in [2.45, 2.75) is 12.5 Å². The molecule has 0 saturated carbocycles. The summed E-state index contributed by atoms with van der Waals surface area (Å²) in [6.07, 6.45) is 0.245. The van der Waals surface area contributed by atoms with Crippen molar-refractivity contribution < 1.29 is 15.0 Å². The van der Waals surface area contributed by atoms with E-state index in [1.54, 1.807) is 13.1 Å². The molecule has 1 heterocycles. The molecule has 0 amide bonds. The monoisotopic (exact) mass is 170 g/mol. The number of rotatable bonds is 3. The smallest absolute Gasteiger partial charge is 0.306 e. The van der Waals surface area contributed by atoms with E-state index in [-0.39, 0.29) is 6.42 Å². The van der Waals surface area contributed by atoms with Gasteiger partial charge in [0.05, 0.1) is 12.1 Å². The molecule has 0 spiro atoms. The normalized spacial score (nSPS) is 12.8. The molecule has 1 atom stereocenters. The summed E-state index contributed by atoms with van der Waals surface area (Å²) in [7, 11) is 1.65. The molecule has 0 aliphatic carbocycles. The number of carbonyl (C=O) groups is 1. The van der Waals surface area contributed by atoms with Gasteiger partial charge in [0.15, 0.2) is 0 Å². The van der Waals surface area contributed by atoms with Gasteiger partial charge in [0.2, 0.25) is 0 Å². The van der Waals surface area contributed by atoms with E-state index < -0.39 is 12.1 Å². The van der Waals surface area contributed by atoms with Gasteiger partial charge in [-0.3, -0.25) is 9.48 Å². The third-order valence-electron chi connectivity index (χ3n) is 1.57. The largest absolute Gasteiger partial charge is 0.481 e. The van der Waals surface area contributed by atoms with Gasteiger partial charge in [0, 0.05) is 13.2 Å². The van der Waals surface area contributed by atoms with E-state index in [1.807, 2.05) is 0 Å². The summed E-state index contributed by atoms with van der Waals surface area (Å²) < 4.78 is 1.45. The molecule has 66 valence electrons. The topological polar surface area (TPSA) is 75.3 Å². The van der Waals surface area contributed by atoms with Crippen molar-refractivity contribution in [2.75, 3.05) is 0 Å². The molecule has 0 aliphatic heterocycles. The van der Waals surface area contributed by atoms with E-state index in [0.717, 1.165) is 0 Å². The molecule has 5 nitrogen and oxygen atoms in total. The third kappa shape index (κ3) is 1.82. The Labute approximate surface area is 69.2 Å². The lowest BCUT2D eigenvalue weighted by molar-refractivity contribution is -0.139. The zero-order chi connectivity index (χ0) is 9.14. The summed E-state index contributed by atoms with van der Waals surface area (Å²) in [6, 6.07) is 1.59. The van der Waals surface area contributed by atoms with Crippen molar-refractivity contribution in [2.24, 2.45) is 7.05 Å². The van der Waals surface area contributed by atoms with Crippen LogP contribution in [0.4, 0.5) is 0 Å². The molecule has 5 heteroatoms. The Hall–Kier alpha value is -1.36. The van der Waals surface area contributed by atoms with Crippen LogP contribution >= 0.6 is 0 Å². The maximum Gasteiger partial charge on any atom is 0.306 e. The molecular formula is C7H10N2O3. The van der Waals surface area contributed by atoms with Crippen LogP contribution in [-0.4, -0.2) is 26.0 Å². The van der Waals surface area contributed by atoms with E-state index in [9.17, 15) is 9.90 Å². The van der Waals surface area contributed by atoms with Gasteiger partial charge in [-0.1, -0.05) is 0 Å². The number of aliphatic carboxylic acids is 1. The van der Waals surface area contributed by atoms with Crippen LogP contribution in [-0.2, 0) is 11.8 Å². The van der Waals surface area contributed by atoms with Gasteiger partial charge in [-0.25, -0.2) is 0 Å². The Kier molecular flexibility index (Phi) is 2.44. The average Bonchev–Trinajstić information content (AvgIpc) is 2.33. The minimum absolute atomic E-state index is 0.292. The van der Waals surface area contributed by atoms with Crippen LogP contribution in [0.5, 0.6) is 0 Å². The Balaban J connectivity index is 2.71. The lowest BCUT2D eigenvalue weighted by Crippen LogP contribution is -2.09. The van der Waals surface area contributed by atoms with Gasteiger partial charge in [0.25, 0.3) is 0 Å². The number of aromatic nitrogens is 2. The lowest BCUT2D eigenvalue weighted by Gasteiger charge is -2.07. The SMILES string of the molecule is Cn1nccc1C(O)CC(=O)O. The fraction of sp³-hybridized carbons (Fsp3) is 0.429. The molecule has 0 radical (unpaired) electrons. The predicted octanol–water partition coefficient (Wildman–Crippen LogP) is -0.0718. The summed E-state index contributed by atoms with van der Waals surface area (Å²) in [5.74, 6) is -1.02. The van der Waals surface area contributed by atoms with Gasteiger partial charge in [-0.15, -0.1) is 0 Å². The molecule has 1 aromatic rings. The van der Waals surface area contributed by atoms with Crippen LogP contribution in [0.15, 0.2) is 12.3 Å². The molecule has 0 bridgehead atoms. The summed E-state index contributed by atoms with van der Waals surface area (Å²) in [4.78, 5) is 10.2. The van der Waals surface area contributed by atoms with E-state index in [2.05, 4.69) is 5.10 Å². The van der Waals surface area contributed by atoms with E-state index in [4.69, 9.17) is 5.11 Å². The first-order valence-corrected chi connectivity index (χ1v) is 3.49. The molecule has 1 rings (SSSR count). The Morgan fingerprint density at radius 1 is 1.83 bits per heavy atom. The van der Waals surface area contributed by atoms with Crippen molar-refractivity contribution in [3.05, 3.63) is 18.0 Å². The summed E-state index contributed by atoms with van der Waals surface area (Å²) in [5.41, 5.74) is 0.511. The Bertz CT molecular complexity index is 282. The fourth-order valence-corrected chi connectivity index (χ4v) is 0.981. The molecule has 0 saturated heterocycles. The molecule has 1 unspecified atom stereocenters. The first-order chi connectivity index (χ1) is 5.61. The quantitative estimate of drug-likeness (QED) is 0.665. The van der Waals surface area contributed by atoms with E-state index in [0.29, 0.717) is 5.69 Å². The molecule has 0 aromatic carbocycles. The number of aliphatic hydroxyl groups is 1. The maximum atomic E-state index is 10.2. The van der Waals surface area contributed by atoms with Crippen LogP contribution in [0, 0.1) is 0 Å². The van der Waals surface area contributed by atoms with Crippen molar-refractivity contribution in [1.29, 1.82) is 0 Å². The molecule has 0 fully saturated rings. The highest BCUT2D eigenvalue weighted by atomic mass is 16.4. The number of hydrogen-bond acceptors (Lipinski definition) is 3. The molecule has 2 N–H and O–H groups in total. The summed E-state index contributed by atoms with van der Waals surface area (Å²) in [6.45, 7) is 0. The Morgan fingerprint density at radius 2 is 2.50 bits per heavy atom. The van der Waals surface area contributed by atoms with Crippen molar-refractivity contribution in [3.63, 3.8) is 0 Å². The van der Waals surface area contributed by atoms with Crippen molar-refractivity contribution in [3.8, 4) is 0 Å². The minimum atomic E-state index is -1.02. The van der Waals surface area contributed by atoms with Gasteiger partial charge in [-0.05, 0) is 6.07 Å². The number of carboxylic acid groups (broad SMARTS) is 1. The van der Waals surface area contributed by atoms with Crippen LogP contribution in [0.25, 0.3) is 0 Å². The highest BCUT2D eigenvalue weighted by molar-refractivity contribution is 5.67. The molecular weight excluding hydrogens is 160 g/mol. The van der Waals surface area contributed by atoms with E-state index in [1.165, 1.54) is 10.9 Å². The third-order valence-corrected chi connectivity index (χ3v) is 1.57. The van der Waals surface area contributed by atoms with Crippen molar-refractivity contribution >= 4 is 5.97 Å². The summed E-state index contributed by atoms with van der Waals surface area (Å²) in [5, 5.41) is 21.5. The minimum Gasteiger partial charge on any atom is -0.481 e. The number of carboxylic acids is 1. The van der Waals surface area contributed by atoms with Gasteiger partial charge in [0.1, 0.15) is 6.10 Å². The fourth-order valence-electron chi connectivity index (χ4n) is 0.981. The highest BCUT2D eigenvalue weighted by Crippen LogP contribution is 2.14. The van der Waals surface area contributed by atoms with Crippen LogP contribution < -0.4 is 0 Å². The van der Waals surface area contributed by atoms with Gasteiger partial charge < -0.3 is 10.2 Å². The number of aryl methyl sites for hydroxylation is 1. The molecule has 1 aromatic heterocycles.